The molecule has 0 unspecified atom stereocenters. The van der Waals surface area contributed by atoms with Gasteiger partial charge in [0.15, 0.2) is 0 Å². The van der Waals surface area contributed by atoms with Crippen molar-refractivity contribution in [2.75, 3.05) is 4.84 Å². The van der Waals surface area contributed by atoms with Gasteiger partial charge >= 0.3 is 5.97 Å². The van der Waals surface area contributed by atoms with E-state index in [0.717, 1.165) is 0 Å². The number of thiol groups is 1. The average molecular weight is 204 g/mol. The molecular weight excluding hydrogens is 198 g/mol. The van der Waals surface area contributed by atoms with Crippen molar-refractivity contribution in [3.8, 4) is 0 Å². The van der Waals surface area contributed by atoms with E-state index in [-0.39, 0.29) is 5.56 Å². The van der Waals surface area contributed by atoms with Crippen LogP contribution in [0.25, 0.3) is 0 Å². The lowest BCUT2D eigenvalue weighted by molar-refractivity contribution is 0.0697. The van der Waals surface area contributed by atoms with Crippen LogP contribution >= 0.6 is 24.4 Å². The molecule has 0 fully saturated rings. The SMILES string of the molecule is O=C(O)c1ccc(S)c(NCl)c1. The van der Waals surface area contributed by atoms with E-state index >= 15 is 0 Å². The summed E-state index contributed by atoms with van der Waals surface area (Å²) in [6, 6.07) is 4.44. The molecule has 0 aliphatic carbocycles. The van der Waals surface area contributed by atoms with Gasteiger partial charge in [0, 0.05) is 16.7 Å². The third-order valence-corrected chi connectivity index (χ3v) is 1.94. The lowest BCUT2D eigenvalue weighted by Crippen LogP contribution is -1.96. The molecular formula is C7H6ClNO2S. The van der Waals surface area contributed by atoms with Crippen molar-refractivity contribution in [3.63, 3.8) is 0 Å². The van der Waals surface area contributed by atoms with E-state index in [4.69, 9.17) is 16.9 Å². The third-order valence-electron chi connectivity index (χ3n) is 1.35. The number of nitrogens with one attached hydrogen (secondary N) is 1. The topological polar surface area (TPSA) is 49.3 Å². The van der Waals surface area contributed by atoms with E-state index in [1.807, 2.05) is 0 Å². The molecule has 0 heterocycles. The molecule has 0 aromatic heterocycles. The molecule has 0 saturated carbocycles. The minimum Gasteiger partial charge on any atom is -0.478 e. The van der Waals surface area contributed by atoms with Crippen molar-refractivity contribution < 1.29 is 9.90 Å². The highest BCUT2D eigenvalue weighted by atomic mass is 35.5. The molecule has 64 valence electrons. The number of carboxylic acid groups (broad SMARTS) is 1. The number of halogens is 1. The molecule has 0 atom stereocenters. The third kappa shape index (κ3) is 1.84. The van der Waals surface area contributed by atoms with E-state index in [1.165, 1.54) is 12.1 Å². The van der Waals surface area contributed by atoms with Crippen LogP contribution in [0.15, 0.2) is 23.1 Å². The minimum atomic E-state index is -0.989. The highest BCUT2D eigenvalue weighted by molar-refractivity contribution is 7.80. The van der Waals surface area contributed by atoms with Crippen LogP contribution in [-0.4, -0.2) is 11.1 Å². The van der Waals surface area contributed by atoms with E-state index in [9.17, 15) is 4.79 Å². The van der Waals surface area contributed by atoms with Crippen LogP contribution < -0.4 is 4.84 Å². The molecule has 0 amide bonds. The summed E-state index contributed by atoms with van der Waals surface area (Å²) in [5, 5.41) is 8.60. The lowest BCUT2D eigenvalue weighted by Gasteiger charge is -2.02. The summed E-state index contributed by atoms with van der Waals surface area (Å²) in [4.78, 5) is 13.4. The Morgan fingerprint density at radius 3 is 2.75 bits per heavy atom. The highest BCUT2D eigenvalue weighted by Crippen LogP contribution is 2.21. The van der Waals surface area contributed by atoms with Crippen molar-refractivity contribution in [1.82, 2.24) is 0 Å². The summed E-state index contributed by atoms with van der Waals surface area (Å²) in [7, 11) is 0. The van der Waals surface area contributed by atoms with Gasteiger partial charge < -0.3 is 5.11 Å². The van der Waals surface area contributed by atoms with Gasteiger partial charge in [-0.05, 0) is 18.2 Å². The minimum absolute atomic E-state index is 0.177. The maximum absolute atomic E-state index is 10.5. The van der Waals surface area contributed by atoms with E-state index in [0.29, 0.717) is 10.6 Å². The monoisotopic (exact) mass is 203 g/mol. The van der Waals surface area contributed by atoms with Crippen LogP contribution in [0.5, 0.6) is 0 Å². The van der Waals surface area contributed by atoms with Crippen molar-refractivity contribution in [2.45, 2.75) is 4.90 Å². The summed E-state index contributed by atoms with van der Waals surface area (Å²) in [6.07, 6.45) is 0. The molecule has 0 radical (unpaired) electrons. The van der Waals surface area contributed by atoms with Gasteiger partial charge in [-0.2, -0.15) is 0 Å². The fourth-order valence-corrected chi connectivity index (χ4v) is 1.16. The van der Waals surface area contributed by atoms with Gasteiger partial charge in [-0.3, -0.25) is 4.84 Å². The first-order valence-corrected chi connectivity index (χ1v) is 3.90. The van der Waals surface area contributed by atoms with E-state index in [1.54, 1.807) is 6.07 Å². The van der Waals surface area contributed by atoms with Crippen LogP contribution in [0.2, 0.25) is 0 Å². The molecule has 3 nitrogen and oxygen atoms in total. The molecule has 0 aliphatic rings. The fourth-order valence-electron chi connectivity index (χ4n) is 0.745. The van der Waals surface area contributed by atoms with Gasteiger partial charge in [0.2, 0.25) is 0 Å². The summed E-state index contributed by atoms with van der Waals surface area (Å²) in [5.74, 6) is -0.989. The number of carbonyl (C=O) groups is 1. The second-order valence-electron chi connectivity index (χ2n) is 2.13. The smallest absolute Gasteiger partial charge is 0.335 e. The Morgan fingerprint density at radius 1 is 1.58 bits per heavy atom. The maximum Gasteiger partial charge on any atom is 0.335 e. The predicted octanol–water partition coefficient (Wildman–Crippen LogP) is 2.24. The standard InChI is InChI=1S/C7H6ClNO2S/c8-9-5-3-4(7(10)11)1-2-6(5)12/h1-3,9,12H,(H,10,11). The summed E-state index contributed by atoms with van der Waals surface area (Å²) >= 11 is 9.37. The summed E-state index contributed by atoms with van der Waals surface area (Å²) < 4.78 is 0. The molecule has 1 aromatic rings. The van der Waals surface area contributed by atoms with Gasteiger partial charge in [0.05, 0.1) is 11.3 Å². The quantitative estimate of drug-likeness (QED) is 0.511. The number of aromatic carboxylic acids is 1. The van der Waals surface area contributed by atoms with Crippen LogP contribution in [0.3, 0.4) is 0 Å². The van der Waals surface area contributed by atoms with Crippen molar-refractivity contribution in [1.29, 1.82) is 0 Å². The largest absolute Gasteiger partial charge is 0.478 e. The Hall–Kier alpha value is -0.870. The Morgan fingerprint density at radius 2 is 2.25 bits per heavy atom. The zero-order valence-corrected chi connectivity index (χ0v) is 7.56. The number of hydrogen-bond donors (Lipinski definition) is 3. The van der Waals surface area contributed by atoms with Crippen molar-refractivity contribution in [2.24, 2.45) is 0 Å². The van der Waals surface area contributed by atoms with Gasteiger partial charge in [0.1, 0.15) is 0 Å². The Kier molecular flexibility index (Phi) is 2.83. The van der Waals surface area contributed by atoms with Gasteiger partial charge in [-0.25, -0.2) is 4.79 Å². The second-order valence-corrected chi connectivity index (χ2v) is 2.80. The zero-order valence-electron chi connectivity index (χ0n) is 5.91. The molecule has 1 aromatic carbocycles. The fraction of sp³-hybridized carbons (Fsp3) is 0. The van der Waals surface area contributed by atoms with Gasteiger partial charge in [-0.15, -0.1) is 12.6 Å². The maximum atomic E-state index is 10.5. The molecule has 1 rings (SSSR count). The average Bonchev–Trinajstić information content (AvgIpc) is 2.05. The molecule has 2 N–H and O–H groups in total. The van der Waals surface area contributed by atoms with Gasteiger partial charge in [-0.1, -0.05) is 0 Å². The number of rotatable bonds is 2. The Balaban J connectivity index is 3.13. The van der Waals surface area contributed by atoms with Crippen molar-refractivity contribution in [3.05, 3.63) is 23.8 Å². The number of anilines is 1. The Bertz CT molecular complexity index is 316. The first-order valence-electron chi connectivity index (χ1n) is 3.08. The molecule has 12 heavy (non-hydrogen) atoms. The summed E-state index contributed by atoms with van der Waals surface area (Å²) in [5.41, 5.74) is 0.663. The molecule has 5 heteroatoms. The zero-order chi connectivity index (χ0) is 9.14. The normalized spacial score (nSPS) is 9.50. The predicted molar refractivity (Wildman–Crippen MR) is 50.1 cm³/mol. The van der Waals surface area contributed by atoms with Crippen molar-refractivity contribution >= 4 is 36.1 Å². The van der Waals surface area contributed by atoms with Crippen LogP contribution in [-0.2, 0) is 0 Å². The molecule has 0 aliphatic heterocycles. The van der Waals surface area contributed by atoms with Crippen LogP contribution in [0.1, 0.15) is 10.4 Å². The van der Waals surface area contributed by atoms with Crippen LogP contribution in [0, 0.1) is 0 Å². The van der Waals surface area contributed by atoms with E-state index < -0.39 is 5.97 Å². The number of hydrogen-bond acceptors (Lipinski definition) is 3. The highest BCUT2D eigenvalue weighted by Gasteiger charge is 2.05. The Labute approximate surface area is 79.9 Å². The van der Waals surface area contributed by atoms with Crippen LogP contribution in [0.4, 0.5) is 5.69 Å². The van der Waals surface area contributed by atoms with E-state index in [2.05, 4.69) is 17.5 Å². The van der Waals surface area contributed by atoms with Gasteiger partial charge in [0.25, 0.3) is 0 Å². The number of carboxylic acids is 1. The lowest BCUT2D eigenvalue weighted by atomic mass is 10.2. The summed E-state index contributed by atoms with van der Waals surface area (Å²) in [6.45, 7) is 0. The first kappa shape index (κ1) is 9.22. The number of benzene rings is 1. The first-order chi connectivity index (χ1) is 5.65. The molecule has 0 saturated heterocycles. The molecule has 0 spiro atoms. The second kappa shape index (κ2) is 3.69. The molecule has 0 bridgehead atoms.